The average molecular weight is 341 g/mol. The molecule has 9 nitrogen and oxygen atoms in total. The fraction of sp³-hybridized carbons (Fsp3) is 1.00. The molecule has 0 aromatic heterocycles. The van der Waals surface area contributed by atoms with Gasteiger partial charge >= 0.3 is 10.3 Å². The van der Waals surface area contributed by atoms with Crippen LogP contribution in [-0.2, 0) is 33.4 Å². The number of fused-ring (bicyclic) bond motifs is 1. The van der Waals surface area contributed by atoms with Gasteiger partial charge in [-0.3, -0.25) is 4.18 Å². The van der Waals surface area contributed by atoms with E-state index < -0.39 is 46.5 Å². The minimum absolute atomic E-state index is 0.0912. The summed E-state index contributed by atoms with van der Waals surface area (Å²) in [5.41, 5.74) is 0. The fourth-order valence-electron chi connectivity index (χ4n) is 2.65. The molecule has 22 heavy (non-hydrogen) atoms. The summed E-state index contributed by atoms with van der Waals surface area (Å²) in [6, 6.07) is 0. The van der Waals surface area contributed by atoms with Gasteiger partial charge in [0.25, 0.3) is 0 Å². The van der Waals surface area contributed by atoms with Crippen LogP contribution in [0.15, 0.2) is 0 Å². The molecule has 0 spiro atoms. The van der Waals surface area contributed by atoms with Crippen molar-refractivity contribution in [3.63, 3.8) is 0 Å². The van der Waals surface area contributed by atoms with Crippen molar-refractivity contribution >= 4 is 10.3 Å². The molecule has 0 saturated carbocycles. The van der Waals surface area contributed by atoms with Gasteiger partial charge in [0.15, 0.2) is 11.6 Å². The van der Waals surface area contributed by atoms with Crippen LogP contribution in [-0.4, -0.2) is 56.3 Å². The highest BCUT2D eigenvalue weighted by atomic mass is 32.2. The average Bonchev–Trinajstić information content (AvgIpc) is 2.54. The second-order valence-electron chi connectivity index (χ2n) is 6.41. The topological polar surface area (TPSA) is 127 Å². The van der Waals surface area contributed by atoms with Crippen LogP contribution in [0.25, 0.3) is 0 Å². The third-order valence-electron chi connectivity index (χ3n) is 3.21. The van der Waals surface area contributed by atoms with E-state index in [1.807, 2.05) is 0 Å². The minimum atomic E-state index is -4.13. The van der Waals surface area contributed by atoms with Crippen molar-refractivity contribution in [1.82, 2.24) is 0 Å². The Kier molecular flexibility index (Phi) is 4.62. The number of nitrogens with two attached hydrogens (primary N) is 1. The van der Waals surface area contributed by atoms with Crippen molar-refractivity contribution in [3.05, 3.63) is 0 Å². The maximum absolute atomic E-state index is 11.0. The highest BCUT2D eigenvalue weighted by Crippen LogP contribution is 2.43. The summed E-state index contributed by atoms with van der Waals surface area (Å²) in [6.07, 6.45) is -0.697. The van der Waals surface area contributed by atoms with Crippen LogP contribution < -0.4 is 5.14 Å². The molecule has 10 heteroatoms. The first-order valence-corrected chi connectivity index (χ1v) is 8.37. The minimum Gasteiger partial charge on any atom is -0.366 e. The molecule has 130 valence electrons. The molecule has 0 unspecified atom stereocenters. The molecule has 0 bridgehead atoms. The molecular weight excluding hydrogens is 318 g/mol. The molecule has 0 aromatic rings. The zero-order valence-electron chi connectivity index (χ0n) is 13.1. The van der Waals surface area contributed by atoms with E-state index in [2.05, 4.69) is 4.18 Å². The van der Waals surface area contributed by atoms with Crippen molar-refractivity contribution in [1.29, 1.82) is 0 Å². The summed E-state index contributed by atoms with van der Waals surface area (Å²) in [5, 5.41) is 14.6. The van der Waals surface area contributed by atoms with Crippen LogP contribution >= 0.6 is 0 Å². The van der Waals surface area contributed by atoms with Crippen molar-refractivity contribution in [3.8, 4) is 0 Å². The molecule has 2 rings (SSSR count). The van der Waals surface area contributed by atoms with Gasteiger partial charge in [0.1, 0.15) is 12.7 Å². The van der Waals surface area contributed by atoms with Gasteiger partial charge in [-0.15, -0.1) is 0 Å². The quantitative estimate of drug-likeness (QED) is 0.646. The first-order chi connectivity index (χ1) is 9.80. The Morgan fingerprint density at radius 3 is 2.59 bits per heavy atom. The van der Waals surface area contributed by atoms with E-state index in [9.17, 15) is 13.5 Å². The highest BCUT2D eigenvalue weighted by Gasteiger charge is 2.58. The zero-order chi connectivity index (χ0) is 16.8. The van der Waals surface area contributed by atoms with E-state index >= 15 is 0 Å². The van der Waals surface area contributed by atoms with Crippen molar-refractivity contribution in [2.45, 2.75) is 63.7 Å². The van der Waals surface area contributed by atoms with Gasteiger partial charge in [-0.05, 0) is 27.7 Å². The first kappa shape index (κ1) is 18.0. The molecule has 0 amide bonds. The van der Waals surface area contributed by atoms with Gasteiger partial charge in [-0.2, -0.15) is 8.42 Å². The lowest BCUT2D eigenvalue weighted by Crippen LogP contribution is -2.55. The Hall–Kier alpha value is -0.330. The highest BCUT2D eigenvalue weighted by molar-refractivity contribution is 7.84. The Morgan fingerprint density at radius 2 is 2.05 bits per heavy atom. The van der Waals surface area contributed by atoms with Gasteiger partial charge in [0.2, 0.25) is 5.79 Å². The molecule has 2 fully saturated rings. The third kappa shape index (κ3) is 4.59. The monoisotopic (exact) mass is 341 g/mol. The smallest absolute Gasteiger partial charge is 0.333 e. The van der Waals surface area contributed by atoms with Gasteiger partial charge in [-0.1, -0.05) is 0 Å². The van der Waals surface area contributed by atoms with E-state index in [0.717, 1.165) is 0 Å². The van der Waals surface area contributed by atoms with E-state index in [-0.39, 0.29) is 6.61 Å². The van der Waals surface area contributed by atoms with Gasteiger partial charge in [0.05, 0.1) is 12.7 Å². The lowest BCUT2D eigenvalue weighted by Gasteiger charge is -2.40. The summed E-state index contributed by atoms with van der Waals surface area (Å²) in [7, 11) is -4.13. The lowest BCUT2D eigenvalue weighted by atomic mass is 10.0. The van der Waals surface area contributed by atoms with Crippen molar-refractivity contribution in [2.24, 2.45) is 5.14 Å². The van der Waals surface area contributed by atoms with E-state index in [1.54, 1.807) is 13.8 Å². The van der Waals surface area contributed by atoms with E-state index in [1.165, 1.54) is 13.8 Å². The van der Waals surface area contributed by atoms with Crippen LogP contribution in [0, 0.1) is 0 Å². The summed E-state index contributed by atoms with van der Waals surface area (Å²) < 4.78 is 49.2. The van der Waals surface area contributed by atoms with Crippen LogP contribution in [0.2, 0.25) is 0 Å². The lowest BCUT2D eigenvalue weighted by molar-refractivity contribution is -0.307. The molecule has 2 saturated heterocycles. The maximum atomic E-state index is 11.0. The zero-order valence-corrected chi connectivity index (χ0v) is 13.9. The number of ether oxygens (including phenoxy) is 4. The number of aliphatic hydroxyl groups is 1. The molecule has 2 aliphatic rings. The van der Waals surface area contributed by atoms with Gasteiger partial charge in [-0.25, -0.2) is 5.14 Å². The molecule has 2 aliphatic heterocycles. The third-order valence-corrected chi connectivity index (χ3v) is 3.65. The SMILES string of the molecule is CC(C)(O)O[C@@H]1CO[C@@]2(COS(N)(=O)=O)OC(C)(C)O[C@H]2C1. The molecular formula is C12H23NO8S. The molecule has 0 aromatic carbocycles. The van der Waals surface area contributed by atoms with Crippen molar-refractivity contribution < 1.29 is 36.7 Å². The summed E-state index contributed by atoms with van der Waals surface area (Å²) in [5.74, 6) is -3.68. The second kappa shape index (κ2) is 5.64. The molecule has 0 radical (unpaired) electrons. The van der Waals surface area contributed by atoms with E-state index in [0.29, 0.717) is 6.42 Å². The van der Waals surface area contributed by atoms with E-state index in [4.69, 9.17) is 24.1 Å². The molecule has 3 atom stereocenters. The van der Waals surface area contributed by atoms with Crippen LogP contribution in [0.5, 0.6) is 0 Å². The van der Waals surface area contributed by atoms with Gasteiger partial charge in [0, 0.05) is 6.42 Å². The van der Waals surface area contributed by atoms with Crippen LogP contribution in [0.3, 0.4) is 0 Å². The summed E-state index contributed by atoms with van der Waals surface area (Å²) in [6.45, 7) is 6.05. The Bertz CT molecular complexity index is 514. The summed E-state index contributed by atoms with van der Waals surface area (Å²) >= 11 is 0. The first-order valence-electron chi connectivity index (χ1n) is 6.90. The predicted octanol–water partition coefficient (Wildman–Crippen LogP) is -0.412. The maximum Gasteiger partial charge on any atom is 0.333 e. The molecule has 3 N–H and O–H groups in total. The Balaban J connectivity index is 2.11. The summed E-state index contributed by atoms with van der Waals surface area (Å²) in [4.78, 5) is 0. The normalized spacial score (nSPS) is 35.4. The number of hydrogen-bond acceptors (Lipinski definition) is 8. The number of rotatable bonds is 5. The number of hydrogen-bond donors (Lipinski definition) is 2. The molecule has 0 aliphatic carbocycles. The molecule has 2 heterocycles. The largest absolute Gasteiger partial charge is 0.366 e. The second-order valence-corrected chi connectivity index (χ2v) is 7.63. The van der Waals surface area contributed by atoms with Crippen LogP contribution in [0.4, 0.5) is 0 Å². The van der Waals surface area contributed by atoms with Crippen LogP contribution in [0.1, 0.15) is 34.1 Å². The fourth-order valence-corrected chi connectivity index (χ4v) is 2.98. The Morgan fingerprint density at radius 1 is 1.41 bits per heavy atom. The van der Waals surface area contributed by atoms with Gasteiger partial charge < -0.3 is 24.1 Å². The Labute approximate surface area is 129 Å². The standard InChI is InChI=1S/C12H23NO8S/c1-10(2,14)19-8-5-9-12(17-6-8,7-18-22(13,15)16)21-11(3,4)20-9/h8-9,14H,5-7H2,1-4H3,(H2,13,15,16)/t8-,9-,12-/m0/s1. The van der Waals surface area contributed by atoms with Crippen molar-refractivity contribution in [2.75, 3.05) is 13.2 Å². The predicted molar refractivity (Wildman–Crippen MR) is 73.6 cm³/mol.